The van der Waals surface area contributed by atoms with Crippen molar-refractivity contribution in [2.75, 3.05) is 31.2 Å². The van der Waals surface area contributed by atoms with Gasteiger partial charge in [-0.1, -0.05) is 6.07 Å². The second-order valence-corrected chi connectivity index (χ2v) is 5.03. The molecule has 1 aliphatic rings. The van der Waals surface area contributed by atoms with Crippen LogP contribution in [0.25, 0.3) is 0 Å². The summed E-state index contributed by atoms with van der Waals surface area (Å²) in [6.07, 6.45) is 8.09. The van der Waals surface area contributed by atoms with E-state index in [9.17, 15) is 0 Å². The lowest BCUT2D eigenvalue weighted by Gasteiger charge is -2.24. The Balaban J connectivity index is 1.69. The average Bonchev–Trinajstić information content (AvgIpc) is 2.75. The zero-order valence-electron chi connectivity index (χ0n) is 11.4. The van der Waals surface area contributed by atoms with Gasteiger partial charge in [0.1, 0.15) is 12.1 Å². The zero-order chi connectivity index (χ0) is 13.6. The Labute approximate surface area is 118 Å². The third-order valence-electron chi connectivity index (χ3n) is 3.45. The van der Waals surface area contributed by atoms with E-state index < -0.39 is 0 Å². The summed E-state index contributed by atoms with van der Waals surface area (Å²) in [5.74, 6) is 1.46. The quantitative estimate of drug-likeness (QED) is 0.847. The third-order valence-corrected chi connectivity index (χ3v) is 3.45. The van der Waals surface area contributed by atoms with Crippen molar-refractivity contribution in [1.82, 2.24) is 15.0 Å². The van der Waals surface area contributed by atoms with Gasteiger partial charge < -0.3 is 9.64 Å². The van der Waals surface area contributed by atoms with E-state index in [0.29, 0.717) is 5.92 Å². The van der Waals surface area contributed by atoms with Crippen molar-refractivity contribution in [3.63, 3.8) is 0 Å². The molecule has 0 aliphatic carbocycles. The number of hydrogen-bond donors (Lipinski definition) is 0. The predicted octanol–water partition coefficient (Wildman–Crippen LogP) is 1.57. The molecule has 1 unspecified atom stereocenters. The van der Waals surface area contributed by atoms with Crippen LogP contribution >= 0.6 is 0 Å². The highest BCUT2D eigenvalue weighted by Crippen LogP contribution is 2.17. The minimum absolute atomic E-state index is 0.436. The molecular formula is C15H18N4O. The van der Waals surface area contributed by atoms with Crippen LogP contribution in [0.1, 0.15) is 5.56 Å². The highest BCUT2D eigenvalue weighted by atomic mass is 16.5. The van der Waals surface area contributed by atoms with Gasteiger partial charge in [-0.15, -0.1) is 0 Å². The maximum atomic E-state index is 5.72. The molecule has 20 heavy (non-hydrogen) atoms. The molecule has 1 aliphatic heterocycles. The SMILES string of the molecule is c1ccc(N2CCOCC(Cc3cncnc3)C2)nc1. The van der Waals surface area contributed by atoms with Gasteiger partial charge in [0.15, 0.2) is 0 Å². The normalized spacial score (nSPS) is 19.6. The summed E-state index contributed by atoms with van der Waals surface area (Å²) in [6, 6.07) is 6.01. The first kappa shape index (κ1) is 13.0. The Morgan fingerprint density at radius 3 is 2.95 bits per heavy atom. The van der Waals surface area contributed by atoms with E-state index in [2.05, 4.69) is 19.9 Å². The van der Waals surface area contributed by atoms with Crippen LogP contribution in [0, 0.1) is 5.92 Å². The Bertz CT molecular complexity index is 520. The Morgan fingerprint density at radius 1 is 1.25 bits per heavy atom. The molecule has 3 rings (SSSR count). The van der Waals surface area contributed by atoms with Gasteiger partial charge in [-0.3, -0.25) is 0 Å². The molecule has 2 aromatic rings. The van der Waals surface area contributed by atoms with Crippen LogP contribution in [0.3, 0.4) is 0 Å². The smallest absolute Gasteiger partial charge is 0.128 e. The molecule has 1 saturated heterocycles. The number of nitrogens with zero attached hydrogens (tertiary/aromatic N) is 4. The van der Waals surface area contributed by atoms with Crippen LogP contribution in [0.5, 0.6) is 0 Å². The summed E-state index contributed by atoms with van der Waals surface area (Å²) in [6.45, 7) is 3.36. The van der Waals surface area contributed by atoms with Crippen LogP contribution in [-0.4, -0.2) is 41.3 Å². The molecule has 0 saturated carbocycles. The van der Waals surface area contributed by atoms with Gasteiger partial charge in [-0.25, -0.2) is 15.0 Å². The third kappa shape index (κ3) is 3.30. The lowest BCUT2D eigenvalue weighted by Crippen LogP contribution is -2.31. The second-order valence-electron chi connectivity index (χ2n) is 5.03. The summed E-state index contributed by atoms with van der Waals surface area (Å²) in [5, 5.41) is 0. The van der Waals surface area contributed by atoms with E-state index in [1.54, 1.807) is 6.33 Å². The number of ether oxygens (including phenoxy) is 1. The van der Waals surface area contributed by atoms with Crippen LogP contribution in [0.15, 0.2) is 43.1 Å². The zero-order valence-corrected chi connectivity index (χ0v) is 11.4. The number of hydrogen-bond acceptors (Lipinski definition) is 5. The molecule has 1 atom stereocenters. The molecule has 5 heteroatoms. The van der Waals surface area contributed by atoms with E-state index in [4.69, 9.17) is 4.74 Å². The van der Waals surface area contributed by atoms with Gasteiger partial charge in [-0.05, 0) is 24.1 Å². The van der Waals surface area contributed by atoms with E-state index in [-0.39, 0.29) is 0 Å². The van der Waals surface area contributed by atoms with Gasteiger partial charge in [-0.2, -0.15) is 0 Å². The van der Waals surface area contributed by atoms with Crippen molar-refractivity contribution in [1.29, 1.82) is 0 Å². The monoisotopic (exact) mass is 270 g/mol. The summed E-state index contributed by atoms with van der Waals surface area (Å²) in [5.41, 5.74) is 1.16. The maximum Gasteiger partial charge on any atom is 0.128 e. The van der Waals surface area contributed by atoms with Gasteiger partial charge in [0.2, 0.25) is 0 Å². The van der Waals surface area contributed by atoms with Crippen LogP contribution in [0.2, 0.25) is 0 Å². The number of rotatable bonds is 3. The van der Waals surface area contributed by atoms with Gasteiger partial charge in [0.25, 0.3) is 0 Å². The minimum atomic E-state index is 0.436. The van der Waals surface area contributed by atoms with Crippen molar-refractivity contribution in [2.24, 2.45) is 5.92 Å². The lowest BCUT2D eigenvalue weighted by molar-refractivity contribution is 0.123. The van der Waals surface area contributed by atoms with Crippen LogP contribution in [-0.2, 0) is 11.2 Å². The van der Waals surface area contributed by atoms with Gasteiger partial charge in [0, 0.05) is 37.6 Å². The van der Waals surface area contributed by atoms with Crippen molar-refractivity contribution >= 4 is 5.82 Å². The molecule has 0 spiro atoms. The molecule has 0 aromatic carbocycles. The van der Waals surface area contributed by atoms with E-state index in [0.717, 1.165) is 44.1 Å². The Morgan fingerprint density at radius 2 is 2.15 bits per heavy atom. The molecule has 2 aromatic heterocycles. The molecule has 5 nitrogen and oxygen atoms in total. The van der Waals surface area contributed by atoms with Crippen molar-refractivity contribution < 1.29 is 4.74 Å². The van der Waals surface area contributed by atoms with Crippen LogP contribution in [0.4, 0.5) is 5.82 Å². The molecule has 1 fully saturated rings. The van der Waals surface area contributed by atoms with Crippen molar-refractivity contribution in [3.8, 4) is 0 Å². The molecular weight excluding hydrogens is 252 g/mol. The molecule has 104 valence electrons. The average molecular weight is 270 g/mol. The number of aromatic nitrogens is 3. The Kier molecular flexibility index (Phi) is 4.18. The fraction of sp³-hybridized carbons (Fsp3) is 0.400. The van der Waals surface area contributed by atoms with E-state index in [1.807, 2.05) is 36.8 Å². The summed E-state index contributed by atoms with van der Waals surface area (Å²) in [4.78, 5) is 14.9. The first-order valence-electron chi connectivity index (χ1n) is 6.89. The number of anilines is 1. The summed E-state index contributed by atoms with van der Waals surface area (Å²) < 4.78 is 5.72. The fourth-order valence-corrected chi connectivity index (χ4v) is 2.52. The standard InChI is InChI=1S/C15H18N4O/c1-2-4-18-15(3-1)19-5-6-20-11-14(10-19)7-13-8-16-12-17-9-13/h1-4,8-9,12,14H,5-7,10-11H2. The first-order chi connectivity index (χ1) is 9.92. The first-order valence-corrected chi connectivity index (χ1v) is 6.89. The topological polar surface area (TPSA) is 51.1 Å². The Hall–Kier alpha value is -2.01. The lowest BCUT2D eigenvalue weighted by atomic mass is 10.0. The predicted molar refractivity (Wildman–Crippen MR) is 76.5 cm³/mol. The molecule has 0 bridgehead atoms. The van der Waals surface area contributed by atoms with Gasteiger partial charge >= 0.3 is 0 Å². The fourth-order valence-electron chi connectivity index (χ4n) is 2.52. The molecule has 3 heterocycles. The van der Waals surface area contributed by atoms with Crippen molar-refractivity contribution in [2.45, 2.75) is 6.42 Å². The van der Waals surface area contributed by atoms with Gasteiger partial charge in [0.05, 0.1) is 13.2 Å². The molecule has 0 N–H and O–H groups in total. The minimum Gasteiger partial charge on any atom is -0.379 e. The van der Waals surface area contributed by atoms with E-state index >= 15 is 0 Å². The molecule has 0 radical (unpaired) electrons. The highest BCUT2D eigenvalue weighted by Gasteiger charge is 2.20. The van der Waals surface area contributed by atoms with Crippen LogP contribution < -0.4 is 4.90 Å². The summed E-state index contributed by atoms with van der Waals surface area (Å²) >= 11 is 0. The molecule has 0 amide bonds. The number of pyridine rings is 1. The maximum absolute atomic E-state index is 5.72. The largest absolute Gasteiger partial charge is 0.379 e. The van der Waals surface area contributed by atoms with E-state index in [1.165, 1.54) is 0 Å². The van der Waals surface area contributed by atoms with Crippen molar-refractivity contribution in [3.05, 3.63) is 48.7 Å². The second kappa shape index (κ2) is 6.43. The summed E-state index contributed by atoms with van der Waals surface area (Å²) in [7, 11) is 0. The highest BCUT2D eigenvalue weighted by molar-refractivity contribution is 5.37.